The van der Waals surface area contributed by atoms with Gasteiger partial charge in [-0.3, -0.25) is 0 Å². The quantitative estimate of drug-likeness (QED) is 0.926. The van der Waals surface area contributed by atoms with Crippen LogP contribution in [-0.4, -0.2) is 31.9 Å². The Kier molecular flexibility index (Phi) is 4.98. The number of benzene rings is 1. The molecule has 0 radical (unpaired) electrons. The minimum atomic E-state index is -3.56. The Morgan fingerprint density at radius 2 is 2.05 bits per heavy atom. The molecule has 2 atom stereocenters. The van der Waals surface area contributed by atoms with E-state index in [1.165, 1.54) is 4.31 Å². The van der Waals surface area contributed by atoms with Crippen molar-refractivity contribution in [2.75, 3.05) is 13.1 Å². The topological polar surface area (TPSA) is 63.4 Å². The number of sulfonamides is 1. The van der Waals surface area contributed by atoms with E-state index in [0.717, 1.165) is 5.56 Å². The highest BCUT2D eigenvalue weighted by Gasteiger charge is 2.33. The lowest BCUT2D eigenvalue weighted by Crippen LogP contribution is -2.48. The lowest BCUT2D eigenvalue weighted by Gasteiger charge is -2.34. The molecule has 6 heteroatoms. The second kappa shape index (κ2) is 6.24. The molecule has 4 nitrogen and oxygen atoms in total. The first kappa shape index (κ1) is 16.7. The number of rotatable bonds is 3. The van der Waals surface area contributed by atoms with Gasteiger partial charge in [-0.2, -0.15) is 4.31 Å². The normalized spacial score (nSPS) is 24.5. The van der Waals surface area contributed by atoms with Crippen molar-refractivity contribution < 1.29 is 8.42 Å². The van der Waals surface area contributed by atoms with Crippen molar-refractivity contribution in [1.29, 1.82) is 0 Å². The van der Waals surface area contributed by atoms with Gasteiger partial charge in [-0.15, -0.1) is 0 Å². The van der Waals surface area contributed by atoms with Gasteiger partial charge in [0.15, 0.2) is 0 Å². The Bertz CT molecular complexity index is 616. The minimum absolute atomic E-state index is 0.0638. The Hall–Kier alpha value is -0.620. The number of nitrogens with two attached hydrogens (primary N) is 1. The van der Waals surface area contributed by atoms with Crippen LogP contribution in [0.15, 0.2) is 23.1 Å². The van der Waals surface area contributed by atoms with Gasteiger partial charge in [-0.1, -0.05) is 38.4 Å². The summed E-state index contributed by atoms with van der Waals surface area (Å²) in [5.74, 6) is 0.408. The largest absolute Gasteiger partial charge is 0.327 e. The van der Waals surface area contributed by atoms with Gasteiger partial charge in [0.1, 0.15) is 4.90 Å². The Labute approximate surface area is 132 Å². The van der Waals surface area contributed by atoms with Gasteiger partial charge in [0, 0.05) is 19.1 Å². The second-order valence-electron chi connectivity index (χ2n) is 6.14. The average Bonchev–Trinajstić information content (AvgIpc) is 2.41. The summed E-state index contributed by atoms with van der Waals surface area (Å²) in [6.45, 7) is 6.95. The van der Waals surface area contributed by atoms with Crippen LogP contribution in [0.1, 0.15) is 38.7 Å². The molecule has 0 saturated carbocycles. The maximum absolute atomic E-state index is 12.8. The third-order valence-corrected chi connectivity index (χ3v) is 6.52. The molecule has 0 aromatic heterocycles. The summed E-state index contributed by atoms with van der Waals surface area (Å²) >= 11 is 6.14. The summed E-state index contributed by atoms with van der Waals surface area (Å²) < 4.78 is 27.2. The summed E-state index contributed by atoms with van der Waals surface area (Å²) in [4.78, 5) is 0.207. The molecule has 1 fully saturated rings. The van der Waals surface area contributed by atoms with E-state index >= 15 is 0 Å². The number of halogens is 1. The molecule has 1 saturated heterocycles. The molecule has 0 aliphatic carbocycles. The molecular weight excluding hydrogens is 308 g/mol. The fourth-order valence-corrected chi connectivity index (χ4v) is 4.62. The van der Waals surface area contributed by atoms with E-state index in [0.29, 0.717) is 19.5 Å². The molecule has 118 valence electrons. The number of hydrogen-bond acceptors (Lipinski definition) is 3. The third kappa shape index (κ3) is 3.42. The Morgan fingerprint density at radius 1 is 1.38 bits per heavy atom. The second-order valence-corrected chi connectivity index (χ2v) is 8.45. The molecule has 1 heterocycles. The highest BCUT2D eigenvalue weighted by atomic mass is 35.5. The molecule has 0 amide bonds. The zero-order chi connectivity index (χ0) is 15.8. The van der Waals surface area contributed by atoms with Crippen LogP contribution in [0.25, 0.3) is 0 Å². The van der Waals surface area contributed by atoms with Crippen LogP contribution in [0, 0.1) is 5.92 Å². The van der Waals surface area contributed by atoms with Gasteiger partial charge in [0.2, 0.25) is 10.0 Å². The fraction of sp³-hybridized carbons (Fsp3) is 0.600. The SMILES string of the molecule is CC(C)c1ccc(Cl)c(S(=O)(=O)N2CCC(N)C(C)C2)c1. The molecule has 1 aromatic rings. The molecule has 2 rings (SSSR count). The van der Waals surface area contributed by atoms with Crippen molar-refractivity contribution in [3.8, 4) is 0 Å². The number of hydrogen-bond donors (Lipinski definition) is 1. The van der Waals surface area contributed by atoms with E-state index in [1.807, 2.05) is 26.8 Å². The number of nitrogens with zero attached hydrogens (tertiary/aromatic N) is 1. The molecule has 21 heavy (non-hydrogen) atoms. The monoisotopic (exact) mass is 330 g/mol. The smallest absolute Gasteiger partial charge is 0.244 e. The molecule has 0 spiro atoms. The zero-order valence-electron chi connectivity index (χ0n) is 12.7. The predicted molar refractivity (Wildman–Crippen MR) is 86.1 cm³/mol. The van der Waals surface area contributed by atoms with Crippen LogP contribution in [0.2, 0.25) is 5.02 Å². The Morgan fingerprint density at radius 3 is 2.62 bits per heavy atom. The summed E-state index contributed by atoms with van der Waals surface area (Å²) in [6, 6.07) is 5.31. The van der Waals surface area contributed by atoms with Gasteiger partial charge in [-0.05, 0) is 36.0 Å². The van der Waals surface area contributed by atoms with E-state index < -0.39 is 10.0 Å². The maximum atomic E-state index is 12.8. The van der Waals surface area contributed by atoms with Gasteiger partial charge in [0.05, 0.1) is 5.02 Å². The van der Waals surface area contributed by atoms with Gasteiger partial charge < -0.3 is 5.73 Å². The minimum Gasteiger partial charge on any atom is -0.327 e. The zero-order valence-corrected chi connectivity index (χ0v) is 14.3. The molecule has 1 aromatic carbocycles. The first-order valence-corrected chi connectivity index (χ1v) is 9.10. The standard InChI is InChI=1S/C15H23ClN2O2S/c1-10(2)12-4-5-13(16)15(8-12)21(19,20)18-7-6-14(17)11(3)9-18/h4-5,8,10-11,14H,6-7,9,17H2,1-3H3. The van der Waals surface area contributed by atoms with Crippen molar-refractivity contribution in [3.63, 3.8) is 0 Å². The third-order valence-electron chi connectivity index (χ3n) is 4.17. The van der Waals surface area contributed by atoms with Crippen LogP contribution >= 0.6 is 11.6 Å². The van der Waals surface area contributed by atoms with Crippen LogP contribution < -0.4 is 5.73 Å². The molecule has 1 aliphatic rings. The highest BCUT2D eigenvalue weighted by Crippen LogP contribution is 2.30. The van der Waals surface area contributed by atoms with E-state index in [1.54, 1.807) is 12.1 Å². The first-order valence-electron chi connectivity index (χ1n) is 7.28. The van der Waals surface area contributed by atoms with Crippen LogP contribution in [0.3, 0.4) is 0 Å². The molecule has 2 unspecified atom stereocenters. The van der Waals surface area contributed by atoms with Crippen LogP contribution in [0.4, 0.5) is 0 Å². The van der Waals surface area contributed by atoms with Crippen molar-refractivity contribution in [2.24, 2.45) is 11.7 Å². The van der Waals surface area contributed by atoms with Gasteiger partial charge in [0.25, 0.3) is 0 Å². The summed E-state index contributed by atoms with van der Waals surface area (Å²) in [6.07, 6.45) is 0.682. The maximum Gasteiger partial charge on any atom is 0.244 e. The van der Waals surface area contributed by atoms with E-state index in [2.05, 4.69) is 0 Å². The molecule has 2 N–H and O–H groups in total. The van der Waals surface area contributed by atoms with Crippen LogP contribution in [0.5, 0.6) is 0 Å². The summed E-state index contributed by atoms with van der Waals surface area (Å²) in [5.41, 5.74) is 6.94. The first-order chi connectivity index (χ1) is 9.73. The highest BCUT2D eigenvalue weighted by molar-refractivity contribution is 7.89. The summed E-state index contributed by atoms with van der Waals surface area (Å²) in [5, 5.41) is 0.280. The van der Waals surface area contributed by atoms with Crippen molar-refractivity contribution in [2.45, 2.75) is 44.0 Å². The lowest BCUT2D eigenvalue weighted by molar-refractivity contribution is 0.250. The van der Waals surface area contributed by atoms with Gasteiger partial charge in [-0.25, -0.2) is 8.42 Å². The molecular formula is C15H23ClN2O2S. The van der Waals surface area contributed by atoms with Crippen molar-refractivity contribution in [1.82, 2.24) is 4.31 Å². The average molecular weight is 331 g/mol. The fourth-order valence-electron chi connectivity index (χ4n) is 2.56. The van der Waals surface area contributed by atoms with E-state index in [-0.39, 0.29) is 27.8 Å². The van der Waals surface area contributed by atoms with Crippen molar-refractivity contribution in [3.05, 3.63) is 28.8 Å². The Balaban J connectivity index is 2.38. The molecule has 1 aliphatic heterocycles. The van der Waals surface area contributed by atoms with Crippen molar-refractivity contribution >= 4 is 21.6 Å². The molecule has 0 bridgehead atoms. The van der Waals surface area contributed by atoms with E-state index in [4.69, 9.17) is 17.3 Å². The predicted octanol–water partition coefficient (Wildman–Crippen LogP) is 2.82. The van der Waals surface area contributed by atoms with Gasteiger partial charge >= 0.3 is 0 Å². The van der Waals surface area contributed by atoms with E-state index in [9.17, 15) is 8.42 Å². The van der Waals surface area contributed by atoms with Crippen LogP contribution in [-0.2, 0) is 10.0 Å². The summed E-state index contributed by atoms with van der Waals surface area (Å²) in [7, 11) is -3.56. The number of piperidine rings is 1. The lowest BCUT2D eigenvalue weighted by atomic mass is 9.96.